The van der Waals surface area contributed by atoms with Gasteiger partial charge in [0.15, 0.2) is 0 Å². The Morgan fingerprint density at radius 2 is 2.08 bits per heavy atom. The molecular weight excluding hydrogens is 188 g/mol. The summed E-state index contributed by atoms with van der Waals surface area (Å²) >= 11 is 5.80. The molecule has 0 aliphatic heterocycles. The van der Waals surface area contributed by atoms with Crippen molar-refractivity contribution < 1.29 is 10.2 Å². The van der Waals surface area contributed by atoms with Crippen LogP contribution in [0.5, 0.6) is 0 Å². The zero-order chi connectivity index (χ0) is 10.5. The molecule has 76 valence electrons. The summed E-state index contributed by atoms with van der Waals surface area (Å²) in [5.41, 5.74) is -0.772. The smallest absolute Gasteiger partial charge is 0.0876 e. The van der Waals surface area contributed by atoms with Crippen LogP contribution in [0.25, 0.3) is 0 Å². The van der Waals surface area contributed by atoms with Gasteiger partial charge in [0.1, 0.15) is 0 Å². The van der Waals surface area contributed by atoms with Crippen molar-refractivity contribution in [3.8, 4) is 0 Å². The number of halogens is 1. The van der Waals surface area contributed by atoms with Crippen molar-refractivity contribution in [2.75, 3.05) is 6.61 Å². The quantitative estimate of drug-likeness (QED) is 0.634. The van der Waals surface area contributed by atoms with Crippen molar-refractivity contribution in [2.24, 2.45) is 5.92 Å². The molecule has 0 spiro atoms. The molecule has 1 rings (SSSR count). The highest BCUT2D eigenvalue weighted by molar-refractivity contribution is 6.30. The Morgan fingerprint density at radius 1 is 1.62 bits per heavy atom. The van der Waals surface area contributed by atoms with E-state index in [1.54, 1.807) is 26.0 Å². The van der Waals surface area contributed by atoms with E-state index in [0.29, 0.717) is 5.03 Å². The summed E-state index contributed by atoms with van der Waals surface area (Å²) in [5, 5.41) is 17.9. The van der Waals surface area contributed by atoms with E-state index in [4.69, 9.17) is 16.7 Å². The van der Waals surface area contributed by atoms with Crippen molar-refractivity contribution in [2.45, 2.75) is 26.4 Å². The number of allylic oxidation sites excluding steroid dienone is 2. The molecule has 2 nitrogen and oxygen atoms in total. The molecule has 13 heavy (non-hydrogen) atoms. The monoisotopic (exact) mass is 204 g/mol. The van der Waals surface area contributed by atoms with Crippen LogP contribution in [-0.4, -0.2) is 22.4 Å². The minimum atomic E-state index is -0.772. The van der Waals surface area contributed by atoms with Gasteiger partial charge in [0.05, 0.1) is 5.60 Å². The van der Waals surface area contributed by atoms with Gasteiger partial charge in [0.25, 0.3) is 0 Å². The Bertz CT molecular complexity index is 207. The van der Waals surface area contributed by atoms with Crippen LogP contribution in [0, 0.1) is 5.92 Å². The molecule has 0 saturated carbocycles. The second-order valence-electron chi connectivity index (χ2n) is 3.17. The normalized spacial score (nSPS) is 31.8. The molecular formula is C10H17ClO2. The van der Waals surface area contributed by atoms with Crippen LogP contribution in [-0.2, 0) is 0 Å². The third-order valence-corrected chi connectivity index (χ3v) is 2.43. The molecule has 1 aliphatic carbocycles. The Hall–Kier alpha value is -0.310. The van der Waals surface area contributed by atoms with Gasteiger partial charge in [0, 0.05) is 17.6 Å². The molecule has 2 N–H and O–H groups in total. The van der Waals surface area contributed by atoms with Crippen LogP contribution in [0.1, 0.15) is 20.8 Å². The van der Waals surface area contributed by atoms with Crippen molar-refractivity contribution in [3.63, 3.8) is 0 Å². The molecule has 1 aliphatic rings. The Kier molecular flexibility index (Phi) is 5.30. The maximum absolute atomic E-state index is 9.60. The van der Waals surface area contributed by atoms with Crippen LogP contribution < -0.4 is 0 Å². The highest BCUT2D eigenvalue weighted by atomic mass is 35.5. The first kappa shape index (κ1) is 12.7. The molecule has 0 aromatic carbocycles. The van der Waals surface area contributed by atoms with E-state index >= 15 is 0 Å². The molecule has 0 fully saturated rings. The van der Waals surface area contributed by atoms with Crippen molar-refractivity contribution in [3.05, 3.63) is 23.3 Å². The SMILES string of the molecule is CC1C(Cl)=CC=CC1(C)O.CCO. The molecule has 0 saturated heterocycles. The van der Waals surface area contributed by atoms with Gasteiger partial charge in [0.2, 0.25) is 0 Å². The summed E-state index contributed by atoms with van der Waals surface area (Å²) in [6.07, 6.45) is 5.34. The van der Waals surface area contributed by atoms with Gasteiger partial charge in [-0.1, -0.05) is 30.7 Å². The lowest BCUT2D eigenvalue weighted by Crippen LogP contribution is -2.31. The Labute approximate surface area is 84.5 Å². The number of rotatable bonds is 0. The van der Waals surface area contributed by atoms with Crippen molar-refractivity contribution in [1.29, 1.82) is 0 Å². The average Bonchev–Trinajstić information content (AvgIpc) is 2.01. The fraction of sp³-hybridized carbons (Fsp3) is 0.600. The lowest BCUT2D eigenvalue weighted by molar-refractivity contribution is 0.0711. The molecule has 0 aromatic rings. The highest BCUT2D eigenvalue weighted by Crippen LogP contribution is 2.31. The van der Waals surface area contributed by atoms with Crippen molar-refractivity contribution >= 4 is 11.6 Å². The average molecular weight is 205 g/mol. The zero-order valence-electron chi connectivity index (χ0n) is 8.29. The lowest BCUT2D eigenvalue weighted by Gasteiger charge is -2.28. The topological polar surface area (TPSA) is 40.5 Å². The molecule has 0 radical (unpaired) electrons. The van der Waals surface area contributed by atoms with Gasteiger partial charge in [-0.15, -0.1) is 0 Å². The minimum absolute atomic E-state index is 0.0131. The molecule has 0 heterocycles. The second-order valence-corrected chi connectivity index (χ2v) is 3.61. The molecule has 3 heteroatoms. The first-order chi connectivity index (χ1) is 5.95. The number of hydrogen-bond acceptors (Lipinski definition) is 2. The van der Waals surface area contributed by atoms with Gasteiger partial charge in [-0.3, -0.25) is 0 Å². The third kappa shape index (κ3) is 3.94. The van der Waals surface area contributed by atoms with Gasteiger partial charge in [-0.25, -0.2) is 0 Å². The van der Waals surface area contributed by atoms with Gasteiger partial charge in [-0.2, -0.15) is 0 Å². The van der Waals surface area contributed by atoms with Crippen LogP contribution in [0.4, 0.5) is 0 Å². The van der Waals surface area contributed by atoms with Gasteiger partial charge >= 0.3 is 0 Å². The van der Waals surface area contributed by atoms with Crippen LogP contribution in [0.3, 0.4) is 0 Å². The van der Waals surface area contributed by atoms with E-state index in [1.807, 2.05) is 13.0 Å². The largest absolute Gasteiger partial charge is 0.397 e. The number of aliphatic hydroxyl groups excluding tert-OH is 1. The van der Waals surface area contributed by atoms with E-state index in [-0.39, 0.29) is 12.5 Å². The van der Waals surface area contributed by atoms with Gasteiger partial charge < -0.3 is 10.2 Å². The zero-order valence-corrected chi connectivity index (χ0v) is 9.04. The maximum atomic E-state index is 9.60. The van der Waals surface area contributed by atoms with Crippen LogP contribution in [0.2, 0.25) is 0 Å². The fourth-order valence-corrected chi connectivity index (χ4v) is 1.20. The Balaban J connectivity index is 0.000000424. The third-order valence-electron chi connectivity index (χ3n) is 1.98. The van der Waals surface area contributed by atoms with Crippen LogP contribution >= 0.6 is 11.6 Å². The fourth-order valence-electron chi connectivity index (χ4n) is 0.903. The molecule has 2 unspecified atom stereocenters. The highest BCUT2D eigenvalue weighted by Gasteiger charge is 2.29. The number of hydrogen-bond donors (Lipinski definition) is 2. The minimum Gasteiger partial charge on any atom is -0.397 e. The first-order valence-corrected chi connectivity index (χ1v) is 4.71. The maximum Gasteiger partial charge on any atom is 0.0876 e. The summed E-state index contributed by atoms with van der Waals surface area (Å²) < 4.78 is 0. The van der Waals surface area contributed by atoms with E-state index < -0.39 is 5.60 Å². The van der Waals surface area contributed by atoms with E-state index in [0.717, 1.165) is 0 Å². The summed E-state index contributed by atoms with van der Waals surface area (Å²) in [6.45, 7) is 5.59. The molecule has 2 atom stereocenters. The summed E-state index contributed by atoms with van der Waals surface area (Å²) in [4.78, 5) is 0. The first-order valence-electron chi connectivity index (χ1n) is 4.33. The van der Waals surface area contributed by atoms with Gasteiger partial charge in [-0.05, 0) is 19.9 Å². The Morgan fingerprint density at radius 3 is 2.38 bits per heavy atom. The summed E-state index contributed by atoms with van der Waals surface area (Å²) in [5.74, 6) is 0.0131. The van der Waals surface area contributed by atoms with Crippen LogP contribution in [0.15, 0.2) is 23.3 Å². The van der Waals surface area contributed by atoms with E-state index in [1.165, 1.54) is 0 Å². The van der Waals surface area contributed by atoms with Crippen molar-refractivity contribution in [1.82, 2.24) is 0 Å². The molecule has 0 bridgehead atoms. The molecule has 0 aromatic heterocycles. The lowest BCUT2D eigenvalue weighted by atomic mass is 9.87. The summed E-state index contributed by atoms with van der Waals surface area (Å²) in [7, 11) is 0. The molecule has 0 amide bonds. The number of aliphatic hydroxyl groups is 2. The predicted octanol–water partition coefficient (Wildman–Crippen LogP) is 2.06. The second kappa shape index (κ2) is 5.43. The van der Waals surface area contributed by atoms with E-state index in [9.17, 15) is 5.11 Å². The standard InChI is InChI=1S/C8H11ClO.C2H6O/c1-6-7(9)4-3-5-8(6,2)10;1-2-3/h3-6,10H,1-2H3;3H,2H2,1H3. The van der Waals surface area contributed by atoms with E-state index in [2.05, 4.69) is 0 Å². The predicted molar refractivity (Wildman–Crippen MR) is 55.6 cm³/mol. The summed E-state index contributed by atoms with van der Waals surface area (Å²) in [6, 6.07) is 0.